The van der Waals surface area contributed by atoms with Gasteiger partial charge in [-0.05, 0) is 36.4 Å². The molecule has 0 radical (unpaired) electrons. The van der Waals surface area contributed by atoms with Gasteiger partial charge < -0.3 is 10.2 Å². The summed E-state index contributed by atoms with van der Waals surface area (Å²) >= 11 is 0. The molecule has 0 aromatic heterocycles. The van der Waals surface area contributed by atoms with E-state index in [2.05, 4.69) is 0 Å². The molecule has 0 amide bonds. The van der Waals surface area contributed by atoms with Crippen molar-refractivity contribution in [2.24, 2.45) is 0 Å². The molecule has 0 aliphatic heterocycles. The second-order valence-electron chi connectivity index (χ2n) is 3.32. The molecule has 0 bridgehead atoms. The zero-order valence-electron chi connectivity index (χ0n) is 9.91. The molecule has 0 saturated carbocycles. The average molecular weight is 329 g/mol. The fourth-order valence-electron chi connectivity index (χ4n) is 1.15. The number of phenolic OH excluding ortho intramolecular Hbond substituents is 2. The fourth-order valence-corrected chi connectivity index (χ4v) is 1.15. The van der Waals surface area contributed by atoms with Crippen molar-refractivity contribution >= 4 is 0 Å². The van der Waals surface area contributed by atoms with Gasteiger partial charge in [0.15, 0.2) is 0 Å². The molecular formula is C14H10N2O2Zr. The smallest absolute Gasteiger partial charge is 0.116 e. The first kappa shape index (κ1) is 16.9. The summed E-state index contributed by atoms with van der Waals surface area (Å²) < 4.78 is 0. The summed E-state index contributed by atoms with van der Waals surface area (Å²) in [5.41, 5.74) is 0.963. The Labute approximate surface area is 130 Å². The minimum atomic E-state index is 0. The molecule has 19 heavy (non-hydrogen) atoms. The van der Waals surface area contributed by atoms with E-state index in [9.17, 15) is 0 Å². The number of hydrogen-bond acceptors (Lipinski definition) is 4. The number of nitrogens with zero attached hydrogens (tertiary/aromatic N) is 2. The van der Waals surface area contributed by atoms with Crippen LogP contribution in [-0.2, 0) is 26.2 Å². The minimum absolute atomic E-state index is 0. The molecule has 2 aromatic rings. The molecule has 0 aliphatic rings. The van der Waals surface area contributed by atoms with Gasteiger partial charge in [0.05, 0.1) is 23.3 Å². The van der Waals surface area contributed by atoms with Gasteiger partial charge in [-0.3, -0.25) is 0 Å². The van der Waals surface area contributed by atoms with Gasteiger partial charge in [0.1, 0.15) is 11.5 Å². The number of benzene rings is 2. The molecule has 0 atom stereocenters. The zero-order valence-corrected chi connectivity index (χ0v) is 12.4. The maximum Gasteiger partial charge on any atom is 0.116 e. The molecule has 0 saturated heterocycles. The second-order valence-corrected chi connectivity index (χ2v) is 3.32. The molecule has 0 unspecified atom stereocenters. The van der Waals surface area contributed by atoms with Gasteiger partial charge in [0, 0.05) is 26.2 Å². The topological polar surface area (TPSA) is 88.0 Å². The van der Waals surface area contributed by atoms with Gasteiger partial charge in [0.25, 0.3) is 0 Å². The number of aromatic hydroxyl groups is 2. The first-order chi connectivity index (χ1) is 8.65. The molecule has 0 spiro atoms. The van der Waals surface area contributed by atoms with Crippen molar-refractivity contribution in [3.05, 3.63) is 59.7 Å². The summed E-state index contributed by atoms with van der Waals surface area (Å²) in [6, 6.07) is 16.2. The Balaban J connectivity index is 0.000000324. The van der Waals surface area contributed by atoms with Gasteiger partial charge in [-0.25, -0.2) is 0 Å². The Bertz CT molecular complexity index is 560. The molecule has 92 valence electrons. The molecule has 2 N–H and O–H groups in total. The molecule has 2 rings (SSSR count). The van der Waals surface area contributed by atoms with E-state index in [0.29, 0.717) is 11.1 Å². The molecule has 0 fully saturated rings. The fraction of sp³-hybridized carbons (Fsp3) is 0. The van der Waals surface area contributed by atoms with E-state index < -0.39 is 0 Å². The van der Waals surface area contributed by atoms with Crippen molar-refractivity contribution in [2.45, 2.75) is 0 Å². The first-order valence-electron chi connectivity index (χ1n) is 5.04. The van der Waals surface area contributed by atoms with Crippen LogP contribution in [0.5, 0.6) is 11.5 Å². The van der Waals surface area contributed by atoms with Crippen LogP contribution in [-0.4, -0.2) is 10.2 Å². The summed E-state index contributed by atoms with van der Waals surface area (Å²) in [5.74, 6) is 0.267. The Morgan fingerprint density at radius 1 is 0.737 bits per heavy atom. The van der Waals surface area contributed by atoms with E-state index in [-0.39, 0.29) is 37.7 Å². The third kappa shape index (κ3) is 6.41. The van der Waals surface area contributed by atoms with Crippen LogP contribution in [0, 0.1) is 22.7 Å². The number of phenols is 2. The number of rotatable bonds is 0. The summed E-state index contributed by atoms with van der Waals surface area (Å²) in [7, 11) is 0. The number of nitriles is 2. The van der Waals surface area contributed by atoms with E-state index in [4.69, 9.17) is 20.7 Å². The Kier molecular flexibility index (Phi) is 7.93. The Hall–Kier alpha value is -2.10. The first-order valence-corrected chi connectivity index (χ1v) is 5.04. The van der Waals surface area contributed by atoms with Gasteiger partial charge in [-0.2, -0.15) is 10.5 Å². The van der Waals surface area contributed by atoms with E-state index in [1.807, 2.05) is 12.1 Å². The van der Waals surface area contributed by atoms with Crippen LogP contribution in [0.4, 0.5) is 0 Å². The monoisotopic (exact) mass is 328 g/mol. The van der Waals surface area contributed by atoms with Gasteiger partial charge in [0.2, 0.25) is 0 Å². The molecule has 5 heteroatoms. The third-order valence-electron chi connectivity index (χ3n) is 1.95. The van der Waals surface area contributed by atoms with Crippen LogP contribution >= 0.6 is 0 Å². The third-order valence-corrected chi connectivity index (χ3v) is 1.95. The van der Waals surface area contributed by atoms with Gasteiger partial charge in [-0.1, -0.05) is 12.1 Å². The predicted octanol–water partition coefficient (Wildman–Crippen LogP) is 2.53. The summed E-state index contributed by atoms with van der Waals surface area (Å²) in [5, 5.41) is 34.2. The molecular weight excluding hydrogens is 319 g/mol. The standard InChI is InChI=1S/2C7H5NO.Zr/c2*8-5-6-2-1-3-7(9)4-6;/h2*1-4,9H;. The molecule has 4 nitrogen and oxygen atoms in total. The maximum absolute atomic E-state index is 8.79. The van der Waals surface area contributed by atoms with E-state index in [0.717, 1.165) is 0 Å². The van der Waals surface area contributed by atoms with Crippen molar-refractivity contribution in [2.75, 3.05) is 0 Å². The van der Waals surface area contributed by atoms with Crippen LogP contribution in [0.2, 0.25) is 0 Å². The average Bonchev–Trinajstić information content (AvgIpc) is 2.39. The maximum atomic E-state index is 8.79. The van der Waals surface area contributed by atoms with Crippen LogP contribution < -0.4 is 0 Å². The van der Waals surface area contributed by atoms with Crippen LogP contribution in [0.3, 0.4) is 0 Å². The van der Waals surface area contributed by atoms with Crippen molar-refractivity contribution in [3.63, 3.8) is 0 Å². The predicted molar refractivity (Wildman–Crippen MR) is 65.6 cm³/mol. The summed E-state index contributed by atoms with van der Waals surface area (Å²) in [4.78, 5) is 0. The van der Waals surface area contributed by atoms with Crippen molar-refractivity contribution in [1.29, 1.82) is 10.5 Å². The molecule has 2 aromatic carbocycles. The summed E-state index contributed by atoms with van der Waals surface area (Å²) in [6.07, 6.45) is 0. The van der Waals surface area contributed by atoms with Crippen LogP contribution in [0.15, 0.2) is 48.5 Å². The van der Waals surface area contributed by atoms with E-state index in [1.54, 1.807) is 24.3 Å². The minimum Gasteiger partial charge on any atom is -0.508 e. The van der Waals surface area contributed by atoms with Crippen molar-refractivity contribution in [1.82, 2.24) is 0 Å². The second kappa shape index (κ2) is 8.92. The Morgan fingerprint density at radius 2 is 1.11 bits per heavy atom. The van der Waals surface area contributed by atoms with E-state index >= 15 is 0 Å². The van der Waals surface area contributed by atoms with Gasteiger partial charge in [-0.15, -0.1) is 0 Å². The van der Waals surface area contributed by atoms with Crippen molar-refractivity contribution in [3.8, 4) is 23.6 Å². The van der Waals surface area contributed by atoms with Crippen LogP contribution in [0.1, 0.15) is 11.1 Å². The van der Waals surface area contributed by atoms with Gasteiger partial charge >= 0.3 is 0 Å². The zero-order chi connectivity index (χ0) is 13.4. The number of hydrogen-bond donors (Lipinski definition) is 2. The quantitative estimate of drug-likeness (QED) is 0.777. The Morgan fingerprint density at radius 3 is 1.32 bits per heavy atom. The van der Waals surface area contributed by atoms with Crippen molar-refractivity contribution < 1.29 is 36.4 Å². The largest absolute Gasteiger partial charge is 0.508 e. The van der Waals surface area contributed by atoms with Crippen LogP contribution in [0.25, 0.3) is 0 Å². The molecule has 0 aliphatic carbocycles. The van der Waals surface area contributed by atoms with E-state index in [1.165, 1.54) is 24.3 Å². The SMILES string of the molecule is N#Cc1cccc(O)c1.N#Cc1cccc(O)c1.[Zr]. The summed E-state index contributed by atoms with van der Waals surface area (Å²) in [6.45, 7) is 0. The normalized spacial score (nSPS) is 7.89. The molecule has 0 heterocycles.